The summed E-state index contributed by atoms with van der Waals surface area (Å²) in [5.41, 5.74) is 1.91. The van der Waals surface area contributed by atoms with Gasteiger partial charge in [0.2, 0.25) is 0 Å². The Morgan fingerprint density at radius 1 is 1.06 bits per heavy atom. The Labute approximate surface area is 219 Å². The highest BCUT2D eigenvalue weighted by Crippen LogP contribution is 2.37. The van der Waals surface area contributed by atoms with Crippen LogP contribution in [0.3, 0.4) is 0 Å². The molecule has 2 atom stereocenters. The van der Waals surface area contributed by atoms with E-state index in [9.17, 15) is 10.4 Å². The summed E-state index contributed by atoms with van der Waals surface area (Å²) in [6.07, 6.45) is 2.07. The summed E-state index contributed by atoms with van der Waals surface area (Å²) in [4.78, 5) is 7.21. The molecule has 2 heterocycles. The number of likely N-dealkylation sites (tertiary alicyclic amines) is 1. The van der Waals surface area contributed by atoms with E-state index >= 15 is 0 Å². The molecule has 5 nitrogen and oxygen atoms in total. The number of aliphatic hydroxyl groups is 1. The minimum absolute atomic E-state index is 0.0602. The Morgan fingerprint density at radius 3 is 2.34 bits per heavy atom. The fourth-order valence-electron chi connectivity index (χ4n) is 5.67. The summed E-state index contributed by atoms with van der Waals surface area (Å²) < 4.78 is 0. The molecule has 4 rings (SSSR count). The number of benzene rings is 2. The van der Waals surface area contributed by atoms with Gasteiger partial charge in [-0.15, -0.1) is 0 Å². The summed E-state index contributed by atoms with van der Waals surface area (Å²) in [6, 6.07) is 16.3. The number of β-amino-alcohol motifs (C(OH)–C–C–N with tert-alkyl or cyclic N) is 1. The van der Waals surface area contributed by atoms with Gasteiger partial charge in [-0.25, -0.2) is 0 Å². The highest BCUT2D eigenvalue weighted by atomic mass is 35.5. The number of piperazine rings is 1. The van der Waals surface area contributed by atoms with E-state index in [1.165, 1.54) is 0 Å². The summed E-state index contributed by atoms with van der Waals surface area (Å²) in [7, 11) is 0. The molecule has 2 aliphatic rings. The SMILES string of the molecule is CC(C)N1CCC([C@](C)(O)CN2CCN(c3ccc(C#N)cc3Cl)[C@H](c3ccc(Cl)cc3)C2)CC1. The van der Waals surface area contributed by atoms with Crippen molar-refractivity contribution in [2.45, 2.75) is 51.3 Å². The molecule has 2 fully saturated rings. The number of nitrogens with zero attached hydrogens (tertiary/aromatic N) is 4. The first-order valence-electron chi connectivity index (χ1n) is 12.6. The molecule has 0 unspecified atom stereocenters. The second-order valence-corrected chi connectivity index (χ2v) is 11.4. The predicted molar refractivity (Wildman–Crippen MR) is 144 cm³/mol. The van der Waals surface area contributed by atoms with Crippen LogP contribution in [0.1, 0.15) is 50.8 Å². The van der Waals surface area contributed by atoms with E-state index in [0.717, 1.165) is 56.8 Å². The summed E-state index contributed by atoms with van der Waals surface area (Å²) in [5.74, 6) is 0.303. The minimum Gasteiger partial charge on any atom is -0.389 e. The number of hydrogen-bond acceptors (Lipinski definition) is 5. The smallest absolute Gasteiger partial charge is 0.0992 e. The van der Waals surface area contributed by atoms with Gasteiger partial charge in [-0.2, -0.15) is 5.26 Å². The van der Waals surface area contributed by atoms with Crippen LogP contribution in [-0.2, 0) is 0 Å². The number of nitriles is 1. The molecule has 0 spiro atoms. The molecular formula is C28H36Cl2N4O. The number of rotatable bonds is 6. The fraction of sp³-hybridized carbons (Fsp3) is 0.536. The zero-order chi connectivity index (χ0) is 25.2. The van der Waals surface area contributed by atoms with E-state index in [1.807, 2.05) is 31.2 Å². The molecule has 0 aliphatic carbocycles. The predicted octanol–water partition coefficient (Wildman–Crippen LogP) is 5.60. The lowest BCUT2D eigenvalue weighted by Gasteiger charge is -2.47. The molecule has 0 bridgehead atoms. The largest absolute Gasteiger partial charge is 0.389 e. The summed E-state index contributed by atoms with van der Waals surface area (Å²) in [6.45, 7) is 11.7. The van der Waals surface area contributed by atoms with Crippen molar-refractivity contribution in [3.63, 3.8) is 0 Å². The van der Waals surface area contributed by atoms with Gasteiger partial charge in [-0.05, 0) is 88.5 Å². The van der Waals surface area contributed by atoms with Crippen LogP contribution in [-0.4, -0.2) is 65.8 Å². The number of piperidine rings is 1. The fourth-order valence-corrected chi connectivity index (χ4v) is 6.09. The Morgan fingerprint density at radius 2 is 1.74 bits per heavy atom. The maximum absolute atomic E-state index is 11.6. The normalized spacial score (nSPS) is 22.2. The zero-order valence-corrected chi connectivity index (χ0v) is 22.4. The molecule has 0 radical (unpaired) electrons. The highest BCUT2D eigenvalue weighted by molar-refractivity contribution is 6.33. The third-order valence-electron chi connectivity index (χ3n) is 7.79. The van der Waals surface area contributed by atoms with Gasteiger partial charge >= 0.3 is 0 Å². The highest BCUT2D eigenvalue weighted by Gasteiger charge is 2.39. The number of anilines is 1. The first kappa shape index (κ1) is 26.3. The van der Waals surface area contributed by atoms with Crippen LogP contribution in [0.2, 0.25) is 10.0 Å². The molecule has 2 aromatic carbocycles. The van der Waals surface area contributed by atoms with Gasteiger partial charge in [-0.1, -0.05) is 35.3 Å². The van der Waals surface area contributed by atoms with E-state index in [-0.39, 0.29) is 6.04 Å². The van der Waals surface area contributed by atoms with Crippen LogP contribution < -0.4 is 4.90 Å². The topological polar surface area (TPSA) is 53.7 Å². The average molecular weight is 516 g/mol. The standard InChI is InChI=1S/C28H36Cl2N4O/c1-20(2)33-12-10-23(11-13-33)28(3,35)19-32-14-15-34(26-9-4-21(17-31)16-25(26)30)27(18-32)22-5-7-24(29)8-6-22/h4-9,16,20,23,27,35H,10-15,18-19H2,1-3H3/t27-,28+/m0/s1. The molecule has 0 aromatic heterocycles. The minimum atomic E-state index is -0.734. The molecule has 35 heavy (non-hydrogen) atoms. The van der Waals surface area contributed by atoms with Gasteiger partial charge in [0.05, 0.1) is 34.0 Å². The van der Waals surface area contributed by atoms with Crippen molar-refractivity contribution in [2.75, 3.05) is 44.2 Å². The van der Waals surface area contributed by atoms with Crippen molar-refractivity contribution < 1.29 is 5.11 Å². The Kier molecular flexibility index (Phi) is 8.30. The molecule has 0 amide bonds. The first-order valence-corrected chi connectivity index (χ1v) is 13.3. The molecule has 2 aliphatic heterocycles. The van der Waals surface area contributed by atoms with Crippen molar-refractivity contribution in [3.8, 4) is 6.07 Å². The van der Waals surface area contributed by atoms with Crippen molar-refractivity contribution in [3.05, 3.63) is 63.6 Å². The molecule has 1 N–H and O–H groups in total. The van der Waals surface area contributed by atoms with Gasteiger partial charge in [-0.3, -0.25) is 4.90 Å². The first-order chi connectivity index (χ1) is 16.7. The lowest BCUT2D eigenvalue weighted by molar-refractivity contribution is -0.0564. The second-order valence-electron chi connectivity index (χ2n) is 10.5. The van der Waals surface area contributed by atoms with E-state index in [2.05, 4.69) is 46.7 Å². The van der Waals surface area contributed by atoms with Crippen molar-refractivity contribution in [1.82, 2.24) is 9.80 Å². The van der Waals surface area contributed by atoms with Crippen LogP contribution in [0.5, 0.6) is 0 Å². The second kappa shape index (κ2) is 11.1. The van der Waals surface area contributed by atoms with E-state index in [1.54, 1.807) is 6.07 Å². The molecule has 7 heteroatoms. The molecule has 0 saturated carbocycles. The van der Waals surface area contributed by atoms with Crippen LogP contribution in [0.25, 0.3) is 0 Å². The van der Waals surface area contributed by atoms with Crippen molar-refractivity contribution in [1.29, 1.82) is 5.26 Å². The number of halogens is 2. The van der Waals surface area contributed by atoms with E-state index in [4.69, 9.17) is 23.2 Å². The van der Waals surface area contributed by atoms with Crippen LogP contribution in [0.4, 0.5) is 5.69 Å². The van der Waals surface area contributed by atoms with Crippen LogP contribution in [0.15, 0.2) is 42.5 Å². The molecule has 188 valence electrons. The summed E-state index contributed by atoms with van der Waals surface area (Å²) in [5, 5.41) is 22.1. The monoisotopic (exact) mass is 514 g/mol. The maximum Gasteiger partial charge on any atom is 0.0992 e. The molecular weight excluding hydrogens is 479 g/mol. The van der Waals surface area contributed by atoms with Gasteiger partial charge in [0.1, 0.15) is 0 Å². The van der Waals surface area contributed by atoms with Gasteiger partial charge < -0.3 is 14.9 Å². The third kappa shape index (κ3) is 6.13. The third-order valence-corrected chi connectivity index (χ3v) is 8.34. The summed E-state index contributed by atoms with van der Waals surface area (Å²) >= 11 is 12.8. The van der Waals surface area contributed by atoms with E-state index in [0.29, 0.717) is 34.1 Å². The Hall–Kier alpha value is -1.81. The lowest BCUT2D eigenvalue weighted by Crippen LogP contribution is -2.55. The van der Waals surface area contributed by atoms with E-state index < -0.39 is 5.60 Å². The average Bonchev–Trinajstić information content (AvgIpc) is 2.84. The van der Waals surface area contributed by atoms with Gasteiger partial charge in [0.15, 0.2) is 0 Å². The van der Waals surface area contributed by atoms with Crippen LogP contribution >= 0.6 is 23.2 Å². The van der Waals surface area contributed by atoms with Crippen molar-refractivity contribution >= 4 is 28.9 Å². The van der Waals surface area contributed by atoms with Crippen molar-refractivity contribution in [2.24, 2.45) is 5.92 Å². The number of hydrogen-bond donors (Lipinski definition) is 1. The maximum atomic E-state index is 11.6. The lowest BCUT2D eigenvalue weighted by atomic mass is 9.80. The van der Waals surface area contributed by atoms with Crippen LogP contribution in [0, 0.1) is 17.2 Å². The molecule has 2 saturated heterocycles. The van der Waals surface area contributed by atoms with Gasteiger partial charge in [0, 0.05) is 37.2 Å². The quantitative estimate of drug-likeness (QED) is 0.543. The molecule has 2 aromatic rings. The van der Waals surface area contributed by atoms with Gasteiger partial charge in [0.25, 0.3) is 0 Å². The zero-order valence-electron chi connectivity index (χ0n) is 20.9. The Balaban J connectivity index is 1.52. The Bertz CT molecular complexity index is 1040.